The molecule has 0 spiro atoms. The van der Waals surface area contributed by atoms with Crippen molar-refractivity contribution in [3.05, 3.63) is 11.6 Å². The minimum Gasteiger partial charge on any atom is -0.504 e. The Morgan fingerprint density at radius 1 is 1.13 bits per heavy atom. The van der Waals surface area contributed by atoms with Gasteiger partial charge in [-0.25, -0.2) is 0 Å². The van der Waals surface area contributed by atoms with Crippen LogP contribution in [0.1, 0.15) is 25.3 Å². The average Bonchev–Trinajstić information content (AvgIpc) is 2.23. The molecule has 0 amide bonds. The molecule has 0 aromatic heterocycles. The first-order chi connectivity index (χ1) is 7.11. The molecule has 0 fully saturated rings. The average molecular weight is 210 g/mol. The molecule has 1 aliphatic rings. The van der Waals surface area contributed by atoms with Crippen molar-refractivity contribution in [3.63, 3.8) is 0 Å². The topological polar surface area (TPSA) is 58.9 Å². The van der Waals surface area contributed by atoms with Gasteiger partial charge in [-0.2, -0.15) is 0 Å². The Hall–Kier alpha value is -1.58. The maximum Gasteiger partial charge on any atom is 0.207 e. The van der Waals surface area contributed by atoms with Crippen LogP contribution < -0.4 is 9.47 Å². The Morgan fingerprint density at radius 3 is 2.47 bits per heavy atom. The molecule has 2 N–H and O–H groups in total. The summed E-state index contributed by atoms with van der Waals surface area (Å²) in [5, 5.41) is 19.5. The van der Waals surface area contributed by atoms with Crippen LogP contribution in [0.5, 0.6) is 23.0 Å². The second kappa shape index (κ2) is 3.53. The molecule has 0 atom stereocenters. The fourth-order valence-corrected chi connectivity index (χ4v) is 1.62. The number of hydrogen-bond donors (Lipinski definition) is 2. The number of phenolic OH excluding ortho intramolecular Hbond substituents is 2. The van der Waals surface area contributed by atoms with Gasteiger partial charge >= 0.3 is 0 Å². The zero-order valence-corrected chi connectivity index (χ0v) is 8.78. The van der Waals surface area contributed by atoms with Crippen molar-refractivity contribution in [2.24, 2.45) is 0 Å². The van der Waals surface area contributed by atoms with Crippen LogP contribution in [0.4, 0.5) is 0 Å². The molecule has 0 unspecified atom stereocenters. The van der Waals surface area contributed by atoms with Crippen LogP contribution in [0.15, 0.2) is 6.07 Å². The van der Waals surface area contributed by atoms with E-state index in [1.54, 1.807) is 6.07 Å². The van der Waals surface area contributed by atoms with Gasteiger partial charge in [-0.15, -0.1) is 0 Å². The highest BCUT2D eigenvalue weighted by molar-refractivity contribution is 5.62. The molecule has 1 heterocycles. The molecule has 15 heavy (non-hydrogen) atoms. The number of hydrogen-bond acceptors (Lipinski definition) is 4. The van der Waals surface area contributed by atoms with E-state index in [9.17, 15) is 10.2 Å². The Balaban J connectivity index is 2.57. The zero-order chi connectivity index (χ0) is 11.0. The lowest BCUT2D eigenvalue weighted by Gasteiger charge is -2.22. The van der Waals surface area contributed by atoms with Crippen molar-refractivity contribution < 1.29 is 19.7 Å². The fourth-order valence-electron chi connectivity index (χ4n) is 1.62. The van der Waals surface area contributed by atoms with Gasteiger partial charge in [-0.05, 0) is 12.0 Å². The first-order valence-corrected chi connectivity index (χ1v) is 4.95. The van der Waals surface area contributed by atoms with E-state index in [2.05, 4.69) is 0 Å². The van der Waals surface area contributed by atoms with Crippen molar-refractivity contribution in [3.8, 4) is 23.0 Å². The van der Waals surface area contributed by atoms with Crippen molar-refractivity contribution in [1.82, 2.24) is 0 Å². The maximum atomic E-state index is 9.74. The lowest BCUT2D eigenvalue weighted by Crippen LogP contribution is -2.15. The van der Waals surface area contributed by atoms with E-state index in [0.717, 1.165) is 0 Å². The third kappa shape index (κ3) is 1.56. The monoisotopic (exact) mass is 210 g/mol. The summed E-state index contributed by atoms with van der Waals surface area (Å²) in [4.78, 5) is 0. The van der Waals surface area contributed by atoms with Gasteiger partial charge in [-0.3, -0.25) is 0 Å². The molecule has 0 bridgehead atoms. The predicted octanol–water partition coefficient (Wildman–Crippen LogP) is 1.99. The smallest absolute Gasteiger partial charge is 0.207 e. The standard InChI is InChI=1S/C11H14O4/c1-6(2)7-5-8-11(10(13)9(7)12)15-4-3-14-8/h5-6,12-13H,3-4H2,1-2H3. The Morgan fingerprint density at radius 2 is 1.80 bits per heavy atom. The third-order valence-corrected chi connectivity index (χ3v) is 2.43. The van der Waals surface area contributed by atoms with Crippen molar-refractivity contribution >= 4 is 0 Å². The lowest BCUT2D eigenvalue weighted by atomic mass is 10.0. The highest BCUT2D eigenvalue weighted by Gasteiger charge is 2.23. The van der Waals surface area contributed by atoms with E-state index >= 15 is 0 Å². The first-order valence-electron chi connectivity index (χ1n) is 4.95. The summed E-state index contributed by atoms with van der Waals surface area (Å²) < 4.78 is 10.6. The molecule has 0 radical (unpaired) electrons. The number of fused-ring (bicyclic) bond motifs is 1. The minimum atomic E-state index is -0.226. The molecule has 1 aromatic carbocycles. The molecule has 4 heteroatoms. The van der Waals surface area contributed by atoms with Crippen molar-refractivity contribution in [2.45, 2.75) is 19.8 Å². The Bertz CT molecular complexity index is 385. The molecule has 0 saturated heterocycles. The Labute approximate surface area is 88.1 Å². The third-order valence-electron chi connectivity index (χ3n) is 2.43. The second-order valence-electron chi connectivity index (χ2n) is 3.84. The number of phenols is 2. The van der Waals surface area contributed by atoms with Gasteiger partial charge in [0.1, 0.15) is 13.2 Å². The lowest BCUT2D eigenvalue weighted by molar-refractivity contribution is 0.164. The van der Waals surface area contributed by atoms with Gasteiger partial charge < -0.3 is 19.7 Å². The van der Waals surface area contributed by atoms with E-state index in [-0.39, 0.29) is 23.2 Å². The molecule has 0 aliphatic carbocycles. The largest absolute Gasteiger partial charge is 0.504 e. The van der Waals surface area contributed by atoms with Gasteiger partial charge in [0.2, 0.25) is 11.5 Å². The SMILES string of the molecule is CC(C)c1cc2c(c(O)c1O)OCCO2. The quantitative estimate of drug-likeness (QED) is 0.696. The van der Waals surface area contributed by atoms with Gasteiger partial charge in [0.15, 0.2) is 11.5 Å². The van der Waals surface area contributed by atoms with Gasteiger partial charge in [-0.1, -0.05) is 13.8 Å². The van der Waals surface area contributed by atoms with E-state index in [1.807, 2.05) is 13.8 Å². The maximum absolute atomic E-state index is 9.74. The zero-order valence-electron chi connectivity index (χ0n) is 8.78. The Kier molecular flexibility index (Phi) is 2.34. The summed E-state index contributed by atoms with van der Waals surface area (Å²) in [5.74, 6) is 0.514. The number of aromatic hydroxyl groups is 2. The number of rotatable bonds is 1. The summed E-state index contributed by atoms with van der Waals surface area (Å²) in [6.45, 7) is 4.73. The molecular weight excluding hydrogens is 196 g/mol. The molecule has 1 aromatic rings. The van der Waals surface area contributed by atoms with Crippen LogP contribution in [-0.4, -0.2) is 23.4 Å². The molecule has 2 rings (SSSR count). The van der Waals surface area contributed by atoms with E-state index < -0.39 is 0 Å². The van der Waals surface area contributed by atoms with Crippen LogP contribution in [0.2, 0.25) is 0 Å². The summed E-state index contributed by atoms with van der Waals surface area (Å²) in [6.07, 6.45) is 0. The number of benzene rings is 1. The molecule has 1 aliphatic heterocycles. The van der Waals surface area contributed by atoms with Gasteiger partial charge in [0.25, 0.3) is 0 Å². The van der Waals surface area contributed by atoms with E-state index in [4.69, 9.17) is 9.47 Å². The van der Waals surface area contributed by atoms with E-state index in [1.165, 1.54) is 0 Å². The number of ether oxygens (including phenoxy) is 2. The highest BCUT2D eigenvalue weighted by atomic mass is 16.6. The fraction of sp³-hybridized carbons (Fsp3) is 0.455. The van der Waals surface area contributed by atoms with Gasteiger partial charge in [0.05, 0.1) is 0 Å². The molecule has 4 nitrogen and oxygen atoms in total. The van der Waals surface area contributed by atoms with Crippen LogP contribution >= 0.6 is 0 Å². The summed E-state index contributed by atoms with van der Waals surface area (Å²) in [6, 6.07) is 1.72. The summed E-state index contributed by atoms with van der Waals surface area (Å²) in [7, 11) is 0. The van der Waals surface area contributed by atoms with E-state index in [0.29, 0.717) is 24.5 Å². The summed E-state index contributed by atoms with van der Waals surface area (Å²) in [5.41, 5.74) is 0.664. The highest BCUT2D eigenvalue weighted by Crippen LogP contribution is 2.48. The van der Waals surface area contributed by atoms with Crippen LogP contribution in [0, 0.1) is 0 Å². The summed E-state index contributed by atoms with van der Waals surface area (Å²) >= 11 is 0. The van der Waals surface area contributed by atoms with Crippen molar-refractivity contribution in [1.29, 1.82) is 0 Å². The van der Waals surface area contributed by atoms with Crippen LogP contribution in [-0.2, 0) is 0 Å². The normalized spacial score (nSPS) is 14.3. The molecule has 0 saturated carbocycles. The van der Waals surface area contributed by atoms with Gasteiger partial charge in [0, 0.05) is 5.56 Å². The predicted molar refractivity (Wildman–Crippen MR) is 54.9 cm³/mol. The van der Waals surface area contributed by atoms with Crippen LogP contribution in [0.3, 0.4) is 0 Å². The molecule has 82 valence electrons. The van der Waals surface area contributed by atoms with Crippen molar-refractivity contribution in [2.75, 3.05) is 13.2 Å². The minimum absolute atomic E-state index is 0.116. The molecular formula is C11H14O4. The van der Waals surface area contributed by atoms with Crippen LogP contribution in [0.25, 0.3) is 0 Å². The second-order valence-corrected chi connectivity index (χ2v) is 3.84. The first kappa shape index (κ1) is 9.96.